The third kappa shape index (κ3) is 18.9. The van der Waals surface area contributed by atoms with Crippen molar-refractivity contribution in [2.45, 2.75) is 142 Å². The van der Waals surface area contributed by atoms with Crippen LogP contribution >= 0.6 is 37.5 Å². The molecule has 8 aliphatic rings. The van der Waals surface area contributed by atoms with E-state index >= 15 is 0 Å². The van der Waals surface area contributed by atoms with Crippen LogP contribution in [0.4, 0.5) is 44.6 Å². The molecular weight excluding hydrogens is 1900 g/mol. The first-order valence-corrected chi connectivity index (χ1v) is 49.5. The summed E-state index contributed by atoms with van der Waals surface area (Å²) in [6, 6.07) is 59.5. The van der Waals surface area contributed by atoms with Crippen LogP contribution in [-0.2, 0) is 94.8 Å². The number of aromatic amines is 1. The minimum Gasteiger partial charge on any atom is -0.463 e. The second-order valence-corrected chi connectivity index (χ2v) is 39.8. The Kier molecular flexibility index (Phi) is 30.1. The number of amides is 7. The summed E-state index contributed by atoms with van der Waals surface area (Å²) in [7, 11) is 13.3. The normalized spacial score (nSPS) is 19.0. The zero-order valence-electron chi connectivity index (χ0n) is 85.5. The lowest BCUT2D eigenvalue weighted by Crippen LogP contribution is -2.55. The molecule has 11 aromatic rings. The zero-order chi connectivity index (χ0) is 105. The first kappa shape index (κ1) is 105. The Morgan fingerprint density at radius 2 is 0.712 bits per heavy atom. The number of carbonyl (C=O) groups is 8. The van der Waals surface area contributed by atoms with Crippen LogP contribution in [0.5, 0.6) is 0 Å². The SMILES string of the molecule is CCN1C(=O)C(=C/C=C2/N(C)c3ccccc3C2(C)C)C(=O)N(CC)C1=S.CN1/C(=C/C=C2C(=O)N(c3ccccc3)N(c3ccccc3)C2=O)C(C)(C)c2ccccc21.CN1/C(=C/C=c2/c(=O)[nH]c3c(COC=O)c(CS)nn3c2=O)C(C)(C)c2ccccc21.CN1C/C(=C\C=C2\N(C)c3ccccc3C2(C)C)C(=O)N(C)C1=O.Cc1nc2c(COC=O)c(CS)nn2c(=O)/c1=C\C=C1\N(C)c2ccccc2C1(C)C. The number of hydrogen-bond acceptors (Lipinski definition) is 24. The maximum Gasteiger partial charge on any atom is 0.326 e. The molecule has 1 N–H and O–H groups in total. The van der Waals surface area contributed by atoms with E-state index in [9.17, 15) is 52.7 Å². The van der Waals surface area contributed by atoms with Crippen molar-refractivity contribution in [2.24, 2.45) is 0 Å². The Bertz CT molecular complexity index is 7650. The summed E-state index contributed by atoms with van der Waals surface area (Å²) < 4.78 is 12.1. The number of nitrogens with one attached hydrogen (secondary N) is 1. The Labute approximate surface area is 864 Å². The number of nitrogens with zero attached hydrogens (tertiary/aromatic N) is 16. The van der Waals surface area contributed by atoms with Gasteiger partial charge in [-0.05, 0) is 176 Å². The van der Waals surface area contributed by atoms with E-state index < -0.39 is 11.1 Å². The van der Waals surface area contributed by atoms with Crippen molar-refractivity contribution in [3.63, 3.8) is 0 Å². The molecule has 33 heteroatoms. The largest absolute Gasteiger partial charge is 0.463 e. The van der Waals surface area contributed by atoms with Gasteiger partial charge in [-0.15, -0.1) is 0 Å². The van der Waals surface area contributed by atoms with E-state index in [-0.39, 0.29) is 114 Å². The Balaban J connectivity index is 0.000000138. The number of imide groups is 1. The standard InChI is InChI=1S/C28H25N3O2.C23H24N4O3S.C22H22N4O4S.C21H25N3O2S.C19H23N3O2/c1-28(2)23-16-10-11-17-24(23)29(3)25(28)19-18-22-26(32)30(20-12-6-4-7-13-20)31(27(22)33)21-14-8-5-9-15-21;1-14-15(9-10-20-23(2,3)17-7-5-6-8-19(17)26(20)4)22(29)27-21(24-14)16(11-30-13-28)18(12-31)25-27;1-22(2)15-6-4-5-7-17(15)25(3)18(22)9-8-13-20(28)23-19-14(10-30-12-27)16(11-31)24-26(19)21(13)29;1-6-23-18(25)14(19(26)24(7-2)20(23)27)12-13-17-21(3,4)15-10-8-9-11-16(15)22(17)5;1-19(2)14-8-6-7-9-15(14)21(4)16(19)11-10-13-12-20(3)18(24)22(5)17(13)23/h4-19H,1-3H3;5-10,13,31H,11-12H2,1-4H3;4-9,12,31H,10-11H2,1-3H3,(H,23,28);8-13H,6-7H2,1-5H3;6-11H,12H2,1-5H3/b25-19+;15-9-,20-10+;13-8-,18-9+;17-13+;13-10+,16-11+. The summed E-state index contributed by atoms with van der Waals surface area (Å²) >= 11 is 13.8. The molecular formula is C113H119N17O13S3. The number of thiol groups is 2. The summed E-state index contributed by atoms with van der Waals surface area (Å²) in [5.74, 6) is -1.05. The van der Waals surface area contributed by atoms with Gasteiger partial charge in [0.1, 0.15) is 35.2 Å². The Morgan fingerprint density at radius 3 is 1.08 bits per heavy atom. The van der Waals surface area contributed by atoms with E-state index in [0.717, 1.165) is 60.7 Å². The summed E-state index contributed by atoms with van der Waals surface area (Å²) in [5, 5.41) is 12.2. The number of anilines is 7. The smallest absolute Gasteiger partial charge is 0.326 e. The minimum absolute atomic E-state index is 0.000865. The van der Waals surface area contributed by atoms with Gasteiger partial charge < -0.3 is 43.9 Å². The van der Waals surface area contributed by atoms with Gasteiger partial charge in [0.05, 0.1) is 51.3 Å². The maximum atomic E-state index is 13.5. The van der Waals surface area contributed by atoms with Gasteiger partial charge in [0, 0.05) is 163 Å². The maximum absolute atomic E-state index is 13.5. The average Bonchev–Trinajstić information content (AvgIpc) is 1.51. The third-order valence-corrected chi connectivity index (χ3v) is 29.5. The van der Waals surface area contributed by atoms with Crippen LogP contribution in [0.1, 0.15) is 139 Å². The van der Waals surface area contributed by atoms with E-state index in [1.807, 2.05) is 207 Å². The van der Waals surface area contributed by atoms with Gasteiger partial charge >= 0.3 is 6.03 Å². The van der Waals surface area contributed by atoms with Crippen molar-refractivity contribution in [3.8, 4) is 0 Å². The van der Waals surface area contributed by atoms with Crippen LogP contribution in [0.15, 0.2) is 290 Å². The number of ether oxygens (including phenoxy) is 2. The van der Waals surface area contributed by atoms with Crippen LogP contribution in [0.25, 0.3) is 23.4 Å². The lowest BCUT2D eigenvalue weighted by atomic mass is 9.83. The number of thiocarbonyl (C=S) groups is 1. The molecule has 0 bridgehead atoms. The number of H-pyrrole nitrogens is 1. The lowest BCUT2D eigenvalue weighted by molar-refractivity contribution is -0.134. The Morgan fingerprint density at radius 1 is 0.390 bits per heavy atom. The fraction of sp³-hybridized carbons (Fsp3) is 0.283. The van der Waals surface area contributed by atoms with Gasteiger partial charge in [-0.2, -0.15) is 44.5 Å². The molecule has 146 heavy (non-hydrogen) atoms. The second kappa shape index (κ2) is 42.0. The lowest BCUT2D eigenvalue weighted by Gasteiger charge is -2.35. The molecule has 12 heterocycles. The molecule has 3 fully saturated rings. The highest BCUT2D eigenvalue weighted by Gasteiger charge is 2.47. The summed E-state index contributed by atoms with van der Waals surface area (Å²) in [6.07, 6.45) is 18.1. The highest BCUT2D eigenvalue weighted by Crippen LogP contribution is 2.52. The topological polar surface area (TPSA) is 305 Å². The fourth-order valence-corrected chi connectivity index (χ4v) is 21.5. The van der Waals surface area contributed by atoms with Crippen LogP contribution in [0.2, 0.25) is 0 Å². The third-order valence-electron chi connectivity index (χ3n) is 28.5. The summed E-state index contributed by atoms with van der Waals surface area (Å²) in [5.41, 5.74) is 20.1. The quantitative estimate of drug-likeness (QED) is 0.0251. The number of likely N-dealkylation sites (N-methyl/N-ethyl adjacent to an activating group) is 9. The molecule has 4 aromatic heterocycles. The predicted octanol–water partition coefficient (Wildman–Crippen LogP) is 14.8. The monoisotopic (exact) mass is 2020 g/mol. The van der Waals surface area contributed by atoms with Crippen LogP contribution in [0, 0.1) is 6.92 Å². The van der Waals surface area contributed by atoms with Crippen molar-refractivity contribution < 1.29 is 47.8 Å². The molecule has 0 radical (unpaired) electrons. The molecule has 0 unspecified atom stereocenters. The zero-order valence-corrected chi connectivity index (χ0v) is 88.1. The summed E-state index contributed by atoms with van der Waals surface area (Å²) in [4.78, 5) is 161. The molecule has 0 atom stereocenters. The number of para-hydroxylation sites is 7. The van der Waals surface area contributed by atoms with Gasteiger partial charge in [-0.1, -0.05) is 197 Å². The number of benzene rings is 7. The van der Waals surface area contributed by atoms with Gasteiger partial charge in [0.25, 0.3) is 59.2 Å². The second-order valence-electron chi connectivity index (χ2n) is 38.8. The van der Waals surface area contributed by atoms with E-state index in [2.05, 4.69) is 200 Å². The minimum atomic E-state index is -0.549. The van der Waals surface area contributed by atoms with E-state index in [1.54, 1.807) is 37.1 Å². The number of allylic oxidation sites excluding steroid dienone is 13. The van der Waals surface area contributed by atoms with Crippen molar-refractivity contribution in [1.82, 2.24) is 48.8 Å². The number of aryl methyl sites for hydroxylation is 1. The van der Waals surface area contributed by atoms with Crippen molar-refractivity contribution in [2.75, 3.05) is 103 Å². The molecule has 0 aliphatic carbocycles. The molecule has 8 aliphatic heterocycles. The van der Waals surface area contributed by atoms with Crippen LogP contribution < -0.4 is 61.6 Å². The molecule has 7 aromatic carbocycles. The van der Waals surface area contributed by atoms with Crippen LogP contribution in [0.3, 0.4) is 0 Å². The molecule has 0 saturated carbocycles. The molecule has 3 saturated heterocycles. The average molecular weight is 2020 g/mol. The highest BCUT2D eigenvalue weighted by molar-refractivity contribution is 7.80. The number of hydrogen-bond donors (Lipinski definition) is 3. The van der Waals surface area contributed by atoms with Crippen molar-refractivity contribution >= 4 is 154 Å². The van der Waals surface area contributed by atoms with Gasteiger partial charge in [0.15, 0.2) is 10.8 Å². The van der Waals surface area contributed by atoms with Gasteiger partial charge in [-0.25, -0.2) is 19.8 Å². The molecule has 752 valence electrons. The fourth-order valence-electron chi connectivity index (χ4n) is 20.6. The van der Waals surface area contributed by atoms with Crippen molar-refractivity contribution in [1.29, 1.82) is 0 Å². The molecule has 30 nitrogen and oxygen atoms in total. The van der Waals surface area contributed by atoms with Gasteiger partial charge in [-0.3, -0.25) is 62.6 Å². The van der Waals surface area contributed by atoms with Crippen molar-refractivity contribution in [3.05, 3.63) is 373 Å². The molecule has 19 rings (SSSR count). The van der Waals surface area contributed by atoms with Crippen LogP contribution in [-0.4, -0.2) is 171 Å². The first-order valence-electron chi connectivity index (χ1n) is 47.8. The number of aromatic nitrogens is 6. The number of urea groups is 1. The molecule has 7 amide bonds. The predicted molar refractivity (Wildman–Crippen MR) is 583 cm³/mol. The number of hydrazine groups is 1. The number of fused-ring (bicyclic) bond motifs is 7. The Hall–Kier alpha value is -15.6. The summed E-state index contributed by atoms with van der Waals surface area (Å²) in [6.45, 7) is 28.8. The van der Waals surface area contributed by atoms with E-state index in [4.69, 9.17) is 21.7 Å². The highest BCUT2D eigenvalue weighted by atomic mass is 32.1. The van der Waals surface area contributed by atoms with E-state index in [1.165, 1.54) is 71.0 Å². The first-order chi connectivity index (χ1) is 69.5. The van der Waals surface area contributed by atoms with Gasteiger partial charge in [0.2, 0.25) is 0 Å². The number of carbonyl (C=O) groups excluding carboxylic acids is 8. The molecule has 0 spiro atoms. The van der Waals surface area contributed by atoms with E-state index in [0.29, 0.717) is 94.4 Å². The number of rotatable bonds is 17.